The van der Waals surface area contributed by atoms with E-state index in [0.29, 0.717) is 39.4 Å². The van der Waals surface area contributed by atoms with Gasteiger partial charge in [-0.1, -0.05) is 29.2 Å². The van der Waals surface area contributed by atoms with Crippen molar-refractivity contribution in [3.63, 3.8) is 0 Å². The summed E-state index contributed by atoms with van der Waals surface area (Å²) in [6, 6.07) is 11.9. The number of nitrogens with zero attached hydrogens (tertiary/aromatic N) is 2. The number of amides is 1. The van der Waals surface area contributed by atoms with Crippen molar-refractivity contribution in [3.8, 4) is 0 Å². The smallest absolute Gasteiger partial charge is 0.337 e. The molecule has 2 heterocycles. The normalized spacial score (nSPS) is 17.9. The van der Waals surface area contributed by atoms with Crippen LogP contribution in [0.5, 0.6) is 0 Å². The predicted molar refractivity (Wildman–Crippen MR) is 137 cm³/mol. The maximum Gasteiger partial charge on any atom is 0.337 e. The summed E-state index contributed by atoms with van der Waals surface area (Å²) in [7, 11) is 1.32. The molecule has 186 valence electrons. The average molecular weight is 508 g/mol. The molecule has 1 saturated carbocycles. The molecule has 2 aromatic heterocycles. The number of ether oxygens (including phenoxy) is 1. The molecule has 0 radical (unpaired) electrons. The number of hydrogen-bond donors (Lipinski definition) is 1. The molecular weight excluding hydrogens is 482 g/mol. The number of esters is 1. The van der Waals surface area contributed by atoms with Gasteiger partial charge in [-0.15, -0.1) is 0 Å². The molecule has 9 heteroatoms. The van der Waals surface area contributed by atoms with Crippen molar-refractivity contribution < 1.29 is 18.8 Å². The third-order valence-electron chi connectivity index (χ3n) is 7.02. The van der Waals surface area contributed by atoms with E-state index in [0.717, 1.165) is 36.6 Å². The lowest BCUT2D eigenvalue weighted by atomic mass is 9.85. The lowest BCUT2D eigenvalue weighted by Gasteiger charge is -2.31. The number of methoxy groups -OCH3 is 1. The van der Waals surface area contributed by atoms with Gasteiger partial charge in [-0.3, -0.25) is 9.59 Å². The fourth-order valence-corrected chi connectivity index (χ4v) is 5.49. The molecule has 2 atom stereocenters. The Morgan fingerprint density at radius 3 is 2.64 bits per heavy atom. The van der Waals surface area contributed by atoms with E-state index in [-0.39, 0.29) is 23.4 Å². The summed E-state index contributed by atoms with van der Waals surface area (Å²) in [6.07, 6.45) is 3.50. The highest BCUT2D eigenvalue weighted by Crippen LogP contribution is 2.36. The summed E-state index contributed by atoms with van der Waals surface area (Å²) in [6.45, 7) is 2.23. The molecule has 0 aliphatic heterocycles. The van der Waals surface area contributed by atoms with Crippen molar-refractivity contribution in [1.82, 2.24) is 15.0 Å². The van der Waals surface area contributed by atoms with Gasteiger partial charge < -0.3 is 19.1 Å². The number of benzene rings is 2. The first-order chi connectivity index (χ1) is 17.4. The number of carbonyl (C=O) groups is 2. The zero-order valence-corrected chi connectivity index (χ0v) is 20.8. The number of rotatable bonds is 5. The van der Waals surface area contributed by atoms with Gasteiger partial charge in [0.25, 0.3) is 11.5 Å². The van der Waals surface area contributed by atoms with Crippen LogP contribution in [0.1, 0.15) is 58.2 Å². The molecule has 1 aliphatic rings. The van der Waals surface area contributed by atoms with Gasteiger partial charge in [0, 0.05) is 23.5 Å². The van der Waals surface area contributed by atoms with Gasteiger partial charge in [-0.2, -0.15) is 0 Å². The Balaban J connectivity index is 1.37. The van der Waals surface area contributed by atoms with Gasteiger partial charge in [0.05, 0.1) is 23.2 Å². The van der Waals surface area contributed by atoms with Crippen LogP contribution in [0.4, 0.5) is 0 Å². The summed E-state index contributed by atoms with van der Waals surface area (Å²) in [5, 5.41) is 8.84. The van der Waals surface area contributed by atoms with Crippen molar-refractivity contribution in [3.05, 3.63) is 74.7 Å². The molecule has 1 aliphatic carbocycles. The highest BCUT2D eigenvalue weighted by atomic mass is 35.5. The van der Waals surface area contributed by atoms with Crippen molar-refractivity contribution in [2.24, 2.45) is 5.92 Å². The minimum absolute atomic E-state index is 0.0350. The fraction of sp³-hybridized carbons (Fsp3) is 0.333. The lowest BCUT2D eigenvalue weighted by molar-refractivity contribution is 0.0600. The number of aromatic nitrogens is 2. The third kappa shape index (κ3) is 4.26. The second kappa shape index (κ2) is 9.78. The summed E-state index contributed by atoms with van der Waals surface area (Å²) in [5.74, 6) is 0.0363. The van der Waals surface area contributed by atoms with Gasteiger partial charge in [-0.05, 0) is 68.5 Å². The predicted octanol–water partition coefficient (Wildman–Crippen LogP) is 5.05. The molecule has 5 rings (SSSR count). The number of halogens is 1. The molecule has 1 amide bonds. The summed E-state index contributed by atoms with van der Waals surface area (Å²) in [4.78, 5) is 37.9. The molecule has 1 N–H and O–H groups in total. The van der Waals surface area contributed by atoms with E-state index in [1.54, 1.807) is 37.3 Å². The van der Waals surface area contributed by atoms with Crippen LogP contribution in [0.25, 0.3) is 21.8 Å². The highest BCUT2D eigenvalue weighted by Gasteiger charge is 2.28. The molecule has 2 unspecified atom stereocenters. The molecule has 4 aromatic rings. The average Bonchev–Trinajstić information content (AvgIpc) is 3.29. The van der Waals surface area contributed by atoms with Crippen molar-refractivity contribution in [2.45, 2.75) is 38.6 Å². The van der Waals surface area contributed by atoms with Crippen molar-refractivity contribution >= 4 is 45.3 Å². The van der Waals surface area contributed by atoms with Gasteiger partial charge in [-0.25, -0.2) is 4.79 Å². The van der Waals surface area contributed by atoms with E-state index in [1.807, 2.05) is 16.7 Å². The maximum absolute atomic E-state index is 13.6. The summed E-state index contributed by atoms with van der Waals surface area (Å²) in [5.41, 5.74) is 1.97. The number of hydrogen-bond acceptors (Lipinski definition) is 6. The molecular formula is C27H26ClN3O5. The molecule has 8 nitrogen and oxygen atoms in total. The maximum atomic E-state index is 13.6. The number of fused-ring (bicyclic) bond motifs is 3. The van der Waals surface area contributed by atoms with Crippen LogP contribution < -0.4 is 10.9 Å². The van der Waals surface area contributed by atoms with Gasteiger partial charge in [0.1, 0.15) is 16.7 Å². The fourth-order valence-electron chi connectivity index (χ4n) is 5.23. The minimum atomic E-state index is -0.446. The number of nitrogens with one attached hydrogen (secondary N) is 1. The van der Waals surface area contributed by atoms with E-state index >= 15 is 0 Å². The molecule has 0 bridgehead atoms. The highest BCUT2D eigenvalue weighted by molar-refractivity contribution is 6.37. The van der Waals surface area contributed by atoms with Crippen molar-refractivity contribution in [2.75, 3.05) is 13.7 Å². The van der Waals surface area contributed by atoms with Crippen molar-refractivity contribution in [1.29, 1.82) is 0 Å². The topological polar surface area (TPSA) is 103 Å². The zero-order valence-electron chi connectivity index (χ0n) is 20.0. The summed E-state index contributed by atoms with van der Waals surface area (Å²) < 4.78 is 11.9. The van der Waals surface area contributed by atoms with Crippen LogP contribution in [0, 0.1) is 12.8 Å². The Bertz CT molecular complexity index is 1520. The van der Waals surface area contributed by atoms with E-state index in [2.05, 4.69) is 10.5 Å². The van der Waals surface area contributed by atoms with E-state index in [1.165, 1.54) is 7.11 Å². The largest absolute Gasteiger partial charge is 0.465 e. The first-order valence-corrected chi connectivity index (χ1v) is 12.3. The van der Waals surface area contributed by atoms with E-state index in [9.17, 15) is 14.4 Å². The minimum Gasteiger partial charge on any atom is -0.465 e. The molecule has 0 spiro atoms. The monoisotopic (exact) mass is 507 g/mol. The van der Waals surface area contributed by atoms with E-state index < -0.39 is 5.97 Å². The SMILES string of the molecule is COC(=O)c1ccc(C(=O)NCC2CCCC(n3c(=O)c4c(C)onc4c4c(Cl)cccc43)C2)cc1. The summed E-state index contributed by atoms with van der Waals surface area (Å²) >= 11 is 6.55. The Hall–Kier alpha value is -3.65. The quantitative estimate of drug-likeness (QED) is 0.379. The number of aryl methyl sites for hydroxylation is 1. The first-order valence-electron chi connectivity index (χ1n) is 11.9. The third-order valence-corrected chi connectivity index (χ3v) is 7.34. The van der Waals surface area contributed by atoms with Crippen LogP contribution in [-0.2, 0) is 4.74 Å². The lowest BCUT2D eigenvalue weighted by Crippen LogP contribution is -2.34. The Morgan fingerprint density at radius 2 is 1.89 bits per heavy atom. The zero-order chi connectivity index (χ0) is 25.4. The molecule has 2 aromatic carbocycles. The van der Waals surface area contributed by atoms with Crippen LogP contribution >= 0.6 is 11.6 Å². The second-order valence-corrected chi connectivity index (χ2v) is 9.64. The standard InChI is InChI=1S/C27H26ClN3O5/c1-15-22-24(30-36-15)23-20(28)7-4-8-21(23)31(26(22)33)19-6-3-5-16(13-19)14-29-25(32)17-9-11-18(12-10-17)27(34)35-2/h4,7-12,16,19H,3,5-6,13-14H2,1-2H3,(H,29,32). The van der Waals surface area contributed by atoms with Crippen LogP contribution in [0.2, 0.25) is 5.02 Å². The Kier molecular flexibility index (Phi) is 6.53. The molecule has 0 saturated heterocycles. The van der Waals surface area contributed by atoms with Crippen LogP contribution in [0.3, 0.4) is 0 Å². The first kappa shape index (κ1) is 24.1. The van der Waals surface area contributed by atoms with Crippen LogP contribution in [-0.4, -0.2) is 35.3 Å². The van der Waals surface area contributed by atoms with Crippen LogP contribution in [0.15, 0.2) is 51.8 Å². The van der Waals surface area contributed by atoms with E-state index in [4.69, 9.17) is 20.9 Å². The number of carbonyl (C=O) groups excluding carboxylic acids is 2. The molecule has 36 heavy (non-hydrogen) atoms. The Morgan fingerprint density at radius 1 is 1.14 bits per heavy atom. The molecule has 1 fully saturated rings. The van der Waals surface area contributed by atoms with Gasteiger partial charge >= 0.3 is 5.97 Å². The Labute approximate surface area is 212 Å². The second-order valence-electron chi connectivity index (χ2n) is 9.24. The van der Waals surface area contributed by atoms with Gasteiger partial charge in [0.2, 0.25) is 0 Å². The number of pyridine rings is 1. The van der Waals surface area contributed by atoms with Gasteiger partial charge in [0.15, 0.2) is 0 Å².